The van der Waals surface area contributed by atoms with Crippen LogP contribution in [-0.4, -0.2) is 21.5 Å². The van der Waals surface area contributed by atoms with Crippen LogP contribution in [0.4, 0.5) is 5.82 Å². The topological polar surface area (TPSA) is 70.7 Å². The zero-order valence-electron chi connectivity index (χ0n) is 10.2. The third kappa shape index (κ3) is 1.88. The summed E-state index contributed by atoms with van der Waals surface area (Å²) in [5.41, 5.74) is 2.28. The Morgan fingerprint density at radius 3 is 3.00 bits per heavy atom. The number of pyridine rings is 1. The number of rotatable bonds is 1. The van der Waals surface area contributed by atoms with Crippen LogP contribution < -0.4 is 10.9 Å². The van der Waals surface area contributed by atoms with Crippen LogP contribution in [0.25, 0.3) is 11.5 Å². The molecule has 3 heterocycles. The van der Waals surface area contributed by atoms with E-state index in [-0.39, 0.29) is 5.56 Å². The zero-order chi connectivity index (χ0) is 12.5. The lowest BCUT2D eigenvalue weighted by Crippen LogP contribution is -2.24. The fourth-order valence-corrected chi connectivity index (χ4v) is 2.14. The van der Waals surface area contributed by atoms with E-state index in [1.807, 2.05) is 25.1 Å². The molecule has 2 aromatic heterocycles. The minimum Gasteiger partial charge on any atom is -0.370 e. The van der Waals surface area contributed by atoms with Gasteiger partial charge in [0.05, 0.1) is 5.56 Å². The maximum absolute atomic E-state index is 12.0. The number of hydrogen-bond donors (Lipinski definition) is 2. The summed E-state index contributed by atoms with van der Waals surface area (Å²) in [6, 6.07) is 5.67. The molecule has 0 unspecified atom stereocenters. The number of anilines is 1. The molecule has 0 radical (unpaired) electrons. The molecule has 0 saturated heterocycles. The molecule has 2 N–H and O–H groups in total. The highest BCUT2D eigenvalue weighted by molar-refractivity contribution is 5.55. The second-order valence-electron chi connectivity index (χ2n) is 4.44. The van der Waals surface area contributed by atoms with Crippen LogP contribution in [0.1, 0.15) is 17.7 Å². The Kier molecular flexibility index (Phi) is 2.59. The van der Waals surface area contributed by atoms with Gasteiger partial charge in [0, 0.05) is 12.2 Å². The van der Waals surface area contributed by atoms with Crippen molar-refractivity contribution in [3.63, 3.8) is 0 Å². The molecule has 2 aromatic rings. The molecule has 0 aliphatic carbocycles. The van der Waals surface area contributed by atoms with Crippen molar-refractivity contribution in [1.29, 1.82) is 0 Å². The Balaban J connectivity index is 2.14. The lowest BCUT2D eigenvalue weighted by Gasteiger charge is -2.16. The highest BCUT2D eigenvalue weighted by Gasteiger charge is 2.16. The van der Waals surface area contributed by atoms with Gasteiger partial charge >= 0.3 is 0 Å². The number of nitrogens with one attached hydrogen (secondary N) is 2. The van der Waals surface area contributed by atoms with Crippen LogP contribution in [-0.2, 0) is 6.42 Å². The zero-order valence-corrected chi connectivity index (χ0v) is 10.2. The SMILES string of the molecule is Cc1cccc(-c2nc3c(c(=O)[nH]2)CCCN3)n1. The van der Waals surface area contributed by atoms with Crippen LogP contribution in [0.2, 0.25) is 0 Å². The van der Waals surface area contributed by atoms with Gasteiger partial charge in [0.2, 0.25) is 0 Å². The molecule has 92 valence electrons. The summed E-state index contributed by atoms with van der Waals surface area (Å²) in [4.78, 5) is 23.6. The van der Waals surface area contributed by atoms with Gasteiger partial charge in [0.1, 0.15) is 11.5 Å². The summed E-state index contributed by atoms with van der Waals surface area (Å²) in [6.45, 7) is 2.78. The van der Waals surface area contributed by atoms with E-state index in [0.29, 0.717) is 17.3 Å². The molecule has 0 bridgehead atoms. The third-order valence-electron chi connectivity index (χ3n) is 3.04. The van der Waals surface area contributed by atoms with Gasteiger partial charge in [0.15, 0.2) is 5.82 Å². The van der Waals surface area contributed by atoms with E-state index >= 15 is 0 Å². The van der Waals surface area contributed by atoms with Crippen molar-refractivity contribution < 1.29 is 0 Å². The van der Waals surface area contributed by atoms with Crippen LogP contribution in [0.15, 0.2) is 23.0 Å². The van der Waals surface area contributed by atoms with Gasteiger partial charge in [-0.2, -0.15) is 0 Å². The molecule has 5 nitrogen and oxygen atoms in total. The molecule has 0 aromatic carbocycles. The van der Waals surface area contributed by atoms with Crippen molar-refractivity contribution in [2.24, 2.45) is 0 Å². The number of hydrogen-bond acceptors (Lipinski definition) is 4. The van der Waals surface area contributed by atoms with Crippen LogP contribution in [0.5, 0.6) is 0 Å². The lowest BCUT2D eigenvalue weighted by molar-refractivity contribution is 0.799. The maximum Gasteiger partial charge on any atom is 0.256 e. The van der Waals surface area contributed by atoms with Gasteiger partial charge in [-0.05, 0) is 31.9 Å². The van der Waals surface area contributed by atoms with Crippen molar-refractivity contribution >= 4 is 5.82 Å². The Bertz CT molecular complexity index is 648. The Morgan fingerprint density at radius 1 is 1.28 bits per heavy atom. The Labute approximate surface area is 104 Å². The van der Waals surface area contributed by atoms with Gasteiger partial charge in [-0.15, -0.1) is 0 Å². The average Bonchev–Trinajstić information content (AvgIpc) is 2.39. The van der Waals surface area contributed by atoms with Crippen molar-refractivity contribution in [2.45, 2.75) is 19.8 Å². The molecular weight excluding hydrogens is 228 g/mol. The van der Waals surface area contributed by atoms with Crippen LogP contribution in [0, 0.1) is 6.92 Å². The smallest absolute Gasteiger partial charge is 0.256 e. The van der Waals surface area contributed by atoms with Gasteiger partial charge < -0.3 is 10.3 Å². The van der Waals surface area contributed by atoms with Gasteiger partial charge in [0.25, 0.3) is 5.56 Å². The molecule has 0 fully saturated rings. The van der Waals surface area contributed by atoms with E-state index < -0.39 is 0 Å². The molecule has 1 aliphatic heterocycles. The van der Waals surface area contributed by atoms with E-state index in [2.05, 4.69) is 20.3 Å². The van der Waals surface area contributed by atoms with E-state index in [1.165, 1.54) is 0 Å². The molecule has 0 spiro atoms. The summed E-state index contributed by atoms with van der Waals surface area (Å²) in [7, 11) is 0. The first-order chi connectivity index (χ1) is 8.74. The average molecular weight is 242 g/mol. The lowest BCUT2D eigenvalue weighted by atomic mass is 10.1. The van der Waals surface area contributed by atoms with Crippen molar-refractivity contribution in [3.8, 4) is 11.5 Å². The van der Waals surface area contributed by atoms with Crippen molar-refractivity contribution in [3.05, 3.63) is 39.8 Å². The van der Waals surface area contributed by atoms with Gasteiger partial charge in [-0.3, -0.25) is 4.79 Å². The Morgan fingerprint density at radius 2 is 2.17 bits per heavy atom. The fraction of sp³-hybridized carbons (Fsp3) is 0.308. The quantitative estimate of drug-likeness (QED) is 0.795. The first kappa shape index (κ1) is 11.0. The number of aromatic nitrogens is 3. The first-order valence-electron chi connectivity index (χ1n) is 6.05. The van der Waals surface area contributed by atoms with Gasteiger partial charge in [-0.25, -0.2) is 9.97 Å². The summed E-state index contributed by atoms with van der Waals surface area (Å²) >= 11 is 0. The summed E-state index contributed by atoms with van der Waals surface area (Å²) < 4.78 is 0. The standard InChI is InChI=1S/C13H14N4O/c1-8-4-2-6-10(15-8)12-16-11-9(13(18)17-12)5-3-7-14-11/h2,4,6H,3,5,7H2,1H3,(H2,14,16,17,18). The minimum absolute atomic E-state index is 0.0643. The minimum atomic E-state index is -0.0643. The van der Waals surface area contributed by atoms with Crippen LogP contribution in [0.3, 0.4) is 0 Å². The van der Waals surface area contributed by atoms with E-state index in [4.69, 9.17) is 0 Å². The predicted octanol–water partition coefficient (Wildman–Crippen LogP) is 1.50. The largest absolute Gasteiger partial charge is 0.370 e. The first-order valence-corrected chi connectivity index (χ1v) is 6.05. The number of H-pyrrole nitrogens is 1. The monoisotopic (exact) mass is 242 g/mol. The molecule has 1 aliphatic rings. The Hall–Kier alpha value is -2.17. The molecular formula is C13H14N4O. The highest BCUT2D eigenvalue weighted by Crippen LogP contribution is 2.19. The number of aryl methyl sites for hydroxylation is 1. The van der Waals surface area contributed by atoms with Crippen molar-refractivity contribution in [1.82, 2.24) is 15.0 Å². The predicted molar refractivity (Wildman–Crippen MR) is 69.6 cm³/mol. The fourth-order valence-electron chi connectivity index (χ4n) is 2.14. The molecule has 0 saturated carbocycles. The molecule has 3 rings (SSSR count). The highest BCUT2D eigenvalue weighted by atomic mass is 16.1. The van der Waals surface area contributed by atoms with Crippen LogP contribution >= 0.6 is 0 Å². The summed E-state index contributed by atoms with van der Waals surface area (Å²) in [5.74, 6) is 1.22. The summed E-state index contributed by atoms with van der Waals surface area (Å²) in [6.07, 6.45) is 1.76. The van der Waals surface area contributed by atoms with E-state index in [1.54, 1.807) is 0 Å². The summed E-state index contributed by atoms with van der Waals surface area (Å²) in [5, 5.41) is 3.17. The van der Waals surface area contributed by atoms with E-state index in [0.717, 1.165) is 30.6 Å². The molecule has 18 heavy (non-hydrogen) atoms. The normalized spacial score (nSPS) is 13.8. The number of nitrogens with zero attached hydrogens (tertiary/aromatic N) is 2. The molecule has 0 amide bonds. The second kappa shape index (κ2) is 4.25. The van der Waals surface area contributed by atoms with Gasteiger partial charge in [-0.1, -0.05) is 6.07 Å². The second-order valence-corrected chi connectivity index (χ2v) is 4.44. The number of aromatic amines is 1. The maximum atomic E-state index is 12.0. The number of fused-ring (bicyclic) bond motifs is 1. The third-order valence-corrected chi connectivity index (χ3v) is 3.04. The molecule has 0 atom stereocenters. The van der Waals surface area contributed by atoms with Crippen molar-refractivity contribution in [2.75, 3.05) is 11.9 Å². The van der Waals surface area contributed by atoms with E-state index in [9.17, 15) is 4.79 Å². The molecule has 5 heteroatoms.